The van der Waals surface area contributed by atoms with E-state index in [1.807, 2.05) is 0 Å². The van der Waals surface area contributed by atoms with Crippen molar-refractivity contribution in [3.63, 3.8) is 0 Å². The summed E-state index contributed by atoms with van der Waals surface area (Å²) in [5.41, 5.74) is 8.28. The summed E-state index contributed by atoms with van der Waals surface area (Å²) < 4.78 is 18.7. The lowest BCUT2D eigenvalue weighted by molar-refractivity contribution is 0.386. The van der Waals surface area contributed by atoms with Crippen molar-refractivity contribution in [2.45, 2.75) is 20.3 Å². The van der Waals surface area contributed by atoms with E-state index in [9.17, 15) is 4.39 Å². The monoisotopic (exact) mass is 263 g/mol. The van der Waals surface area contributed by atoms with Gasteiger partial charge in [-0.05, 0) is 30.0 Å². The molecular weight excluding hydrogens is 245 g/mol. The number of H-pyrrole nitrogens is 1. The first-order chi connectivity index (χ1) is 9.02. The predicted octanol–water partition coefficient (Wildman–Crippen LogP) is 3.01. The van der Waals surface area contributed by atoms with Crippen LogP contribution in [0.25, 0.3) is 11.1 Å². The highest BCUT2D eigenvalue weighted by atomic mass is 19.1. The number of nitrogens with two attached hydrogens (primary N) is 1. The molecule has 19 heavy (non-hydrogen) atoms. The lowest BCUT2D eigenvalue weighted by atomic mass is 9.99. The van der Waals surface area contributed by atoms with Crippen molar-refractivity contribution in [1.82, 2.24) is 10.2 Å². The van der Waals surface area contributed by atoms with E-state index in [4.69, 9.17) is 10.5 Å². The highest BCUT2D eigenvalue weighted by Gasteiger charge is 2.15. The van der Waals surface area contributed by atoms with E-state index in [0.29, 0.717) is 17.3 Å². The Kier molecular flexibility index (Phi) is 3.74. The van der Waals surface area contributed by atoms with Crippen LogP contribution in [0.3, 0.4) is 0 Å². The average molecular weight is 263 g/mol. The highest BCUT2D eigenvalue weighted by Crippen LogP contribution is 2.32. The van der Waals surface area contributed by atoms with Crippen LogP contribution in [0.5, 0.6) is 5.75 Å². The number of nitrogens with zero attached hydrogens (tertiary/aromatic N) is 1. The molecule has 102 valence electrons. The molecule has 0 atom stereocenters. The minimum absolute atomic E-state index is 0.219. The minimum atomic E-state index is -0.406. The van der Waals surface area contributed by atoms with Crippen LogP contribution < -0.4 is 10.5 Å². The van der Waals surface area contributed by atoms with Gasteiger partial charge in [0.2, 0.25) is 0 Å². The molecule has 1 aromatic heterocycles. The van der Waals surface area contributed by atoms with Gasteiger partial charge >= 0.3 is 0 Å². The third-order valence-corrected chi connectivity index (χ3v) is 2.92. The Morgan fingerprint density at radius 1 is 1.42 bits per heavy atom. The summed E-state index contributed by atoms with van der Waals surface area (Å²) in [5.74, 6) is 0.661. The second kappa shape index (κ2) is 5.30. The maximum Gasteiger partial charge on any atom is 0.165 e. The quantitative estimate of drug-likeness (QED) is 0.891. The number of anilines is 1. The van der Waals surface area contributed by atoms with Crippen LogP contribution in [0, 0.1) is 11.7 Å². The molecule has 0 amide bonds. The fourth-order valence-electron chi connectivity index (χ4n) is 2.09. The summed E-state index contributed by atoms with van der Waals surface area (Å²) in [6.45, 7) is 4.21. The summed E-state index contributed by atoms with van der Waals surface area (Å²) in [6, 6.07) is 4.80. The van der Waals surface area contributed by atoms with Crippen molar-refractivity contribution >= 4 is 5.82 Å². The predicted molar refractivity (Wildman–Crippen MR) is 73.5 cm³/mol. The van der Waals surface area contributed by atoms with Gasteiger partial charge in [0.15, 0.2) is 17.4 Å². The van der Waals surface area contributed by atoms with Crippen LogP contribution >= 0.6 is 0 Å². The third-order valence-electron chi connectivity index (χ3n) is 2.92. The Morgan fingerprint density at radius 3 is 2.74 bits per heavy atom. The number of ether oxygens (including phenoxy) is 1. The molecule has 1 aromatic carbocycles. The lowest BCUT2D eigenvalue weighted by Gasteiger charge is -2.08. The van der Waals surface area contributed by atoms with Gasteiger partial charge in [0.25, 0.3) is 0 Å². The van der Waals surface area contributed by atoms with Gasteiger partial charge in [-0.2, -0.15) is 5.10 Å². The molecule has 0 aliphatic heterocycles. The summed E-state index contributed by atoms with van der Waals surface area (Å²) in [4.78, 5) is 0. The van der Waals surface area contributed by atoms with Crippen LogP contribution in [0.15, 0.2) is 18.2 Å². The Hall–Kier alpha value is -2.04. The Bertz CT molecular complexity index is 578. The molecule has 0 spiro atoms. The maximum atomic E-state index is 13.8. The molecular formula is C14H18FN3O. The van der Waals surface area contributed by atoms with E-state index in [2.05, 4.69) is 24.0 Å². The Labute approximate surface area is 111 Å². The van der Waals surface area contributed by atoms with Crippen LogP contribution in [0.2, 0.25) is 0 Å². The van der Waals surface area contributed by atoms with Crippen molar-refractivity contribution in [3.8, 4) is 16.9 Å². The van der Waals surface area contributed by atoms with E-state index >= 15 is 0 Å². The van der Waals surface area contributed by atoms with Gasteiger partial charge in [0, 0.05) is 11.3 Å². The van der Waals surface area contributed by atoms with Gasteiger partial charge < -0.3 is 10.5 Å². The van der Waals surface area contributed by atoms with E-state index < -0.39 is 5.82 Å². The minimum Gasteiger partial charge on any atom is -0.494 e. The van der Waals surface area contributed by atoms with Gasteiger partial charge in [-0.15, -0.1) is 0 Å². The number of methoxy groups -OCH3 is 1. The number of hydrogen-bond donors (Lipinski definition) is 2. The van der Waals surface area contributed by atoms with Crippen LogP contribution in [-0.2, 0) is 6.42 Å². The fourth-order valence-corrected chi connectivity index (χ4v) is 2.09. The number of halogens is 1. The van der Waals surface area contributed by atoms with E-state index in [0.717, 1.165) is 17.7 Å². The molecule has 0 fully saturated rings. The molecule has 1 heterocycles. The first kappa shape index (κ1) is 13.4. The van der Waals surface area contributed by atoms with Gasteiger partial charge in [-0.3, -0.25) is 5.10 Å². The largest absolute Gasteiger partial charge is 0.494 e. The maximum absolute atomic E-state index is 13.8. The topological polar surface area (TPSA) is 63.9 Å². The zero-order valence-electron chi connectivity index (χ0n) is 11.3. The van der Waals surface area contributed by atoms with Crippen LogP contribution in [0.1, 0.15) is 19.5 Å². The number of nitrogen functional groups attached to an aromatic ring is 1. The van der Waals surface area contributed by atoms with E-state index in [-0.39, 0.29) is 5.75 Å². The molecule has 3 N–H and O–H groups in total. The lowest BCUT2D eigenvalue weighted by Crippen LogP contribution is -1.98. The van der Waals surface area contributed by atoms with Crippen LogP contribution in [-0.4, -0.2) is 17.3 Å². The molecule has 0 unspecified atom stereocenters. The molecule has 0 bridgehead atoms. The number of aromatic amines is 1. The van der Waals surface area contributed by atoms with E-state index in [1.54, 1.807) is 12.1 Å². The van der Waals surface area contributed by atoms with Gasteiger partial charge in [0.1, 0.15) is 0 Å². The van der Waals surface area contributed by atoms with Gasteiger partial charge in [-0.25, -0.2) is 4.39 Å². The zero-order valence-corrected chi connectivity index (χ0v) is 11.3. The first-order valence-electron chi connectivity index (χ1n) is 6.19. The molecule has 5 heteroatoms. The molecule has 0 aliphatic rings. The molecule has 4 nitrogen and oxygen atoms in total. The normalized spacial score (nSPS) is 11.0. The van der Waals surface area contributed by atoms with Crippen molar-refractivity contribution in [2.75, 3.05) is 12.8 Å². The number of benzene rings is 1. The Morgan fingerprint density at radius 2 is 2.16 bits per heavy atom. The SMILES string of the molecule is COc1ccc(-c2c(N)n[nH]c2CC(C)C)cc1F. The first-order valence-corrected chi connectivity index (χ1v) is 6.19. The van der Waals surface area contributed by atoms with Crippen molar-refractivity contribution < 1.29 is 9.13 Å². The van der Waals surface area contributed by atoms with E-state index in [1.165, 1.54) is 13.2 Å². The summed E-state index contributed by atoms with van der Waals surface area (Å²) in [5, 5.41) is 6.94. The van der Waals surface area contributed by atoms with Crippen molar-refractivity contribution in [3.05, 3.63) is 29.7 Å². The highest BCUT2D eigenvalue weighted by molar-refractivity contribution is 5.76. The van der Waals surface area contributed by atoms with Crippen molar-refractivity contribution in [1.29, 1.82) is 0 Å². The number of aromatic nitrogens is 2. The second-order valence-corrected chi connectivity index (χ2v) is 4.91. The number of hydrogen-bond acceptors (Lipinski definition) is 3. The molecule has 0 aliphatic carbocycles. The average Bonchev–Trinajstić information content (AvgIpc) is 2.69. The molecule has 2 rings (SSSR count). The van der Waals surface area contributed by atoms with Crippen LogP contribution in [0.4, 0.5) is 10.2 Å². The number of rotatable bonds is 4. The smallest absolute Gasteiger partial charge is 0.165 e. The number of nitrogens with one attached hydrogen (secondary N) is 1. The fraction of sp³-hybridized carbons (Fsp3) is 0.357. The molecule has 0 saturated carbocycles. The summed E-state index contributed by atoms with van der Waals surface area (Å²) >= 11 is 0. The summed E-state index contributed by atoms with van der Waals surface area (Å²) in [7, 11) is 1.44. The standard InChI is InChI=1S/C14H18FN3O/c1-8(2)6-11-13(14(16)18-17-11)9-4-5-12(19-3)10(15)7-9/h4-5,7-8H,6H2,1-3H3,(H3,16,17,18). The molecule has 0 saturated heterocycles. The van der Waals surface area contributed by atoms with Crippen molar-refractivity contribution in [2.24, 2.45) is 5.92 Å². The van der Waals surface area contributed by atoms with Gasteiger partial charge in [0.05, 0.1) is 7.11 Å². The van der Waals surface area contributed by atoms with Gasteiger partial charge in [-0.1, -0.05) is 19.9 Å². The molecule has 0 radical (unpaired) electrons. The molecule has 2 aromatic rings. The third kappa shape index (κ3) is 2.70. The Balaban J connectivity index is 2.46. The zero-order chi connectivity index (χ0) is 14.0. The second-order valence-electron chi connectivity index (χ2n) is 4.91. The summed E-state index contributed by atoms with van der Waals surface area (Å²) in [6.07, 6.45) is 0.813.